The topological polar surface area (TPSA) is 88.6 Å². The molecule has 0 bridgehead atoms. The molecule has 146 valence electrons. The molecule has 1 aromatic heterocycles. The molecule has 1 fully saturated rings. The largest absolute Gasteiger partial charge is 0.379 e. The molecule has 28 heavy (non-hydrogen) atoms. The van der Waals surface area contributed by atoms with E-state index in [0.717, 1.165) is 4.70 Å². The molecule has 0 unspecified atom stereocenters. The van der Waals surface area contributed by atoms with Gasteiger partial charge in [0.1, 0.15) is 5.52 Å². The maximum absolute atomic E-state index is 12.6. The minimum atomic E-state index is -3.59. The molecule has 1 amide bonds. The van der Waals surface area contributed by atoms with Crippen LogP contribution in [-0.4, -0.2) is 49.9 Å². The van der Waals surface area contributed by atoms with Gasteiger partial charge in [0.2, 0.25) is 10.0 Å². The van der Waals surface area contributed by atoms with Crippen molar-refractivity contribution in [2.24, 2.45) is 0 Å². The zero-order valence-corrected chi connectivity index (χ0v) is 17.0. The quantitative estimate of drug-likeness (QED) is 0.677. The van der Waals surface area contributed by atoms with Crippen LogP contribution in [0.4, 0.5) is 5.13 Å². The predicted octanol–water partition coefficient (Wildman–Crippen LogP) is 3.22. The van der Waals surface area contributed by atoms with Crippen molar-refractivity contribution in [3.05, 3.63) is 53.1 Å². The number of halogens is 1. The number of amides is 1. The normalized spacial score (nSPS) is 15.6. The number of fused-ring (bicyclic) bond motifs is 1. The van der Waals surface area contributed by atoms with Gasteiger partial charge in [-0.15, -0.1) is 0 Å². The number of benzene rings is 2. The van der Waals surface area contributed by atoms with Gasteiger partial charge in [0.25, 0.3) is 5.91 Å². The Morgan fingerprint density at radius 3 is 2.54 bits per heavy atom. The SMILES string of the molecule is O=C(Nc1nc2c(Cl)cccc2s1)c1ccc(S(=O)(=O)N2CCOCC2)cc1. The number of hydrogen-bond acceptors (Lipinski definition) is 6. The van der Waals surface area contributed by atoms with E-state index in [4.69, 9.17) is 16.3 Å². The van der Waals surface area contributed by atoms with Gasteiger partial charge in [-0.2, -0.15) is 4.31 Å². The average molecular weight is 438 g/mol. The third-order valence-electron chi connectivity index (χ3n) is 4.31. The lowest BCUT2D eigenvalue weighted by molar-refractivity contribution is 0.0730. The van der Waals surface area contributed by atoms with Gasteiger partial charge in [-0.1, -0.05) is 29.0 Å². The highest BCUT2D eigenvalue weighted by Gasteiger charge is 2.26. The third kappa shape index (κ3) is 3.76. The Morgan fingerprint density at radius 1 is 1.14 bits per heavy atom. The highest BCUT2D eigenvalue weighted by molar-refractivity contribution is 7.89. The van der Waals surface area contributed by atoms with Crippen LogP contribution in [0.1, 0.15) is 10.4 Å². The van der Waals surface area contributed by atoms with Crippen LogP contribution in [0, 0.1) is 0 Å². The van der Waals surface area contributed by atoms with E-state index in [2.05, 4.69) is 10.3 Å². The van der Waals surface area contributed by atoms with E-state index in [1.165, 1.54) is 39.9 Å². The summed E-state index contributed by atoms with van der Waals surface area (Å²) >= 11 is 7.43. The van der Waals surface area contributed by atoms with E-state index in [9.17, 15) is 13.2 Å². The summed E-state index contributed by atoms with van der Waals surface area (Å²) in [6.07, 6.45) is 0. The van der Waals surface area contributed by atoms with Crippen LogP contribution in [0.15, 0.2) is 47.4 Å². The number of nitrogens with zero attached hydrogens (tertiary/aromatic N) is 2. The van der Waals surface area contributed by atoms with Crippen molar-refractivity contribution < 1.29 is 17.9 Å². The van der Waals surface area contributed by atoms with Crippen molar-refractivity contribution in [3.63, 3.8) is 0 Å². The van der Waals surface area contributed by atoms with Crippen LogP contribution in [0.5, 0.6) is 0 Å². The monoisotopic (exact) mass is 437 g/mol. The summed E-state index contributed by atoms with van der Waals surface area (Å²) in [5.74, 6) is -0.370. The smallest absolute Gasteiger partial charge is 0.257 e. The number of rotatable bonds is 4. The summed E-state index contributed by atoms with van der Waals surface area (Å²) in [5.41, 5.74) is 0.975. The second-order valence-electron chi connectivity index (χ2n) is 6.10. The van der Waals surface area contributed by atoms with Gasteiger partial charge < -0.3 is 4.74 Å². The molecule has 0 radical (unpaired) electrons. The molecule has 1 aliphatic heterocycles. The van der Waals surface area contributed by atoms with Crippen LogP contribution < -0.4 is 5.32 Å². The average Bonchev–Trinajstić information content (AvgIpc) is 3.12. The van der Waals surface area contributed by atoms with E-state index in [0.29, 0.717) is 47.5 Å². The van der Waals surface area contributed by atoms with Gasteiger partial charge >= 0.3 is 0 Å². The molecule has 10 heteroatoms. The highest BCUT2D eigenvalue weighted by Crippen LogP contribution is 2.30. The van der Waals surface area contributed by atoms with Crippen molar-refractivity contribution in [1.29, 1.82) is 0 Å². The van der Waals surface area contributed by atoms with Gasteiger partial charge in [0.15, 0.2) is 5.13 Å². The first-order valence-corrected chi connectivity index (χ1v) is 11.1. The third-order valence-corrected chi connectivity index (χ3v) is 7.47. The van der Waals surface area contributed by atoms with E-state index in [-0.39, 0.29) is 10.8 Å². The minimum Gasteiger partial charge on any atom is -0.379 e. The number of aromatic nitrogens is 1. The van der Waals surface area contributed by atoms with Gasteiger partial charge in [-0.25, -0.2) is 13.4 Å². The van der Waals surface area contributed by atoms with Crippen molar-refractivity contribution in [1.82, 2.24) is 9.29 Å². The first-order chi connectivity index (χ1) is 13.4. The van der Waals surface area contributed by atoms with E-state index < -0.39 is 10.0 Å². The number of nitrogens with one attached hydrogen (secondary N) is 1. The molecule has 1 N–H and O–H groups in total. The van der Waals surface area contributed by atoms with Gasteiger partial charge in [0, 0.05) is 18.7 Å². The summed E-state index contributed by atoms with van der Waals surface area (Å²) in [6, 6.07) is 11.3. The number of hydrogen-bond donors (Lipinski definition) is 1. The van der Waals surface area contributed by atoms with Crippen LogP contribution >= 0.6 is 22.9 Å². The van der Waals surface area contributed by atoms with Crippen LogP contribution in [0.3, 0.4) is 0 Å². The fraction of sp³-hybridized carbons (Fsp3) is 0.222. The highest BCUT2D eigenvalue weighted by atomic mass is 35.5. The lowest BCUT2D eigenvalue weighted by atomic mass is 10.2. The second kappa shape index (κ2) is 7.76. The number of carbonyl (C=O) groups excluding carboxylic acids is 1. The number of sulfonamides is 1. The maximum Gasteiger partial charge on any atom is 0.257 e. The molecule has 7 nitrogen and oxygen atoms in total. The van der Waals surface area contributed by atoms with Gasteiger partial charge in [-0.3, -0.25) is 10.1 Å². The maximum atomic E-state index is 12.6. The summed E-state index contributed by atoms with van der Waals surface area (Å²) < 4.78 is 32.7. The second-order valence-corrected chi connectivity index (χ2v) is 9.48. The number of anilines is 1. The Morgan fingerprint density at radius 2 is 1.86 bits per heavy atom. The molecule has 1 aliphatic rings. The number of ether oxygens (including phenoxy) is 1. The first kappa shape index (κ1) is 19.3. The summed E-state index contributed by atoms with van der Waals surface area (Å²) in [5, 5.41) is 3.68. The van der Waals surface area contributed by atoms with E-state index in [1.807, 2.05) is 12.1 Å². The van der Waals surface area contributed by atoms with Crippen molar-refractivity contribution in [3.8, 4) is 0 Å². The Labute approximate surface area is 170 Å². The molecule has 0 spiro atoms. The summed E-state index contributed by atoms with van der Waals surface area (Å²) in [6.45, 7) is 1.41. The zero-order valence-electron chi connectivity index (χ0n) is 14.6. The molecular formula is C18H16ClN3O4S2. The number of thiazole rings is 1. The van der Waals surface area contributed by atoms with Crippen molar-refractivity contribution >= 4 is 54.2 Å². The lowest BCUT2D eigenvalue weighted by Gasteiger charge is -2.26. The predicted molar refractivity (Wildman–Crippen MR) is 109 cm³/mol. The van der Waals surface area contributed by atoms with E-state index >= 15 is 0 Å². The zero-order chi connectivity index (χ0) is 19.7. The van der Waals surface area contributed by atoms with Gasteiger partial charge in [-0.05, 0) is 36.4 Å². The fourth-order valence-electron chi connectivity index (χ4n) is 2.85. The summed E-state index contributed by atoms with van der Waals surface area (Å²) in [7, 11) is -3.59. The van der Waals surface area contributed by atoms with Crippen LogP contribution in [-0.2, 0) is 14.8 Å². The molecule has 0 atom stereocenters. The molecule has 1 saturated heterocycles. The van der Waals surface area contributed by atoms with Crippen molar-refractivity contribution in [2.45, 2.75) is 4.90 Å². The Bertz CT molecular complexity index is 1120. The minimum absolute atomic E-state index is 0.151. The Hall–Kier alpha value is -2.04. The van der Waals surface area contributed by atoms with E-state index in [1.54, 1.807) is 6.07 Å². The number of morpholine rings is 1. The number of para-hydroxylation sites is 1. The molecule has 3 aromatic rings. The Kier molecular flexibility index (Phi) is 5.35. The van der Waals surface area contributed by atoms with Crippen LogP contribution in [0.25, 0.3) is 10.2 Å². The standard InChI is InChI=1S/C18H16ClN3O4S2/c19-14-2-1-3-15-16(14)20-18(27-15)21-17(23)12-4-6-13(7-5-12)28(24,25)22-8-10-26-11-9-22/h1-7H,8-11H2,(H,20,21,23). The molecule has 0 saturated carbocycles. The molecule has 0 aliphatic carbocycles. The van der Waals surface area contributed by atoms with Gasteiger partial charge in [0.05, 0.1) is 27.8 Å². The Balaban J connectivity index is 1.51. The van der Waals surface area contributed by atoms with Crippen LogP contribution in [0.2, 0.25) is 5.02 Å². The first-order valence-electron chi connectivity index (χ1n) is 8.49. The molecular weight excluding hydrogens is 422 g/mol. The lowest BCUT2D eigenvalue weighted by Crippen LogP contribution is -2.40. The fourth-order valence-corrected chi connectivity index (χ4v) is 5.42. The molecule has 2 aromatic carbocycles. The molecule has 4 rings (SSSR count). The summed E-state index contributed by atoms with van der Waals surface area (Å²) in [4.78, 5) is 17.0. The van der Waals surface area contributed by atoms with Crippen molar-refractivity contribution in [2.75, 3.05) is 31.6 Å². The molecule has 2 heterocycles. The number of carbonyl (C=O) groups is 1.